The molecule has 2 aromatic rings. The summed E-state index contributed by atoms with van der Waals surface area (Å²) in [6.07, 6.45) is 6.90. The van der Waals surface area contributed by atoms with Gasteiger partial charge in [-0.1, -0.05) is 12.1 Å². The van der Waals surface area contributed by atoms with Gasteiger partial charge in [-0.2, -0.15) is 0 Å². The van der Waals surface area contributed by atoms with Gasteiger partial charge in [0.05, 0.1) is 12.4 Å². The molecule has 0 N–H and O–H groups in total. The summed E-state index contributed by atoms with van der Waals surface area (Å²) in [5.74, 6) is 0.867. The molecule has 0 spiro atoms. The van der Waals surface area contributed by atoms with E-state index in [9.17, 15) is 0 Å². The Morgan fingerprint density at radius 1 is 1.13 bits per heavy atom. The molecule has 0 aliphatic rings. The van der Waals surface area contributed by atoms with Crippen LogP contribution in [0.3, 0.4) is 0 Å². The second-order valence-electron chi connectivity index (χ2n) is 3.47. The molecule has 1 aromatic heterocycles. The molecule has 0 saturated heterocycles. The molecule has 0 radical (unpaired) electrons. The number of aromatic nitrogens is 2. The maximum atomic E-state index is 5.67. The van der Waals surface area contributed by atoms with Crippen molar-refractivity contribution < 1.29 is 9.57 Å². The van der Waals surface area contributed by atoms with E-state index in [0.717, 1.165) is 11.3 Å². The minimum Gasteiger partial charge on any atom is -0.252 e. The first-order valence-corrected chi connectivity index (χ1v) is 4.82. The Balaban J connectivity index is 2.28. The van der Waals surface area contributed by atoms with Gasteiger partial charge in [-0.25, -0.2) is 4.84 Å². The molecule has 15 heavy (non-hydrogen) atoms. The monoisotopic (exact) mass is 201 g/mol. The van der Waals surface area contributed by atoms with E-state index in [4.69, 9.17) is 4.84 Å². The Morgan fingerprint density at radius 2 is 1.87 bits per heavy atom. The normalized spacial score (nSPS) is 10.0. The van der Waals surface area contributed by atoms with Crippen LogP contribution in [0.2, 0.25) is 0 Å². The van der Waals surface area contributed by atoms with Gasteiger partial charge in [0.25, 0.3) is 0 Å². The zero-order valence-corrected chi connectivity index (χ0v) is 8.84. The van der Waals surface area contributed by atoms with Crippen LogP contribution in [0.25, 0.3) is 0 Å². The molecule has 0 unspecified atom stereocenters. The molecular weight excluding hydrogens is 188 g/mol. The van der Waals surface area contributed by atoms with Gasteiger partial charge in [0.15, 0.2) is 0 Å². The lowest BCUT2D eigenvalue weighted by molar-refractivity contribution is -0.875. The number of benzene rings is 1. The summed E-state index contributed by atoms with van der Waals surface area (Å²) in [5.41, 5.74) is 2.30. The van der Waals surface area contributed by atoms with Gasteiger partial charge in [0.1, 0.15) is 0 Å². The van der Waals surface area contributed by atoms with Crippen molar-refractivity contribution in [1.29, 1.82) is 0 Å². The highest BCUT2D eigenvalue weighted by atomic mass is 16.7. The average Bonchev–Trinajstić information content (AvgIpc) is 2.25. The lowest BCUT2D eigenvalue weighted by Crippen LogP contribution is -2.38. The SMILES string of the molecule is Cc1ccc(C)c(O[n+]2ccncc2)c1. The second kappa shape index (κ2) is 4.09. The van der Waals surface area contributed by atoms with E-state index >= 15 is 0 Å². The Kier molecular flexibility index (Phi) is 2.63. The summed E-state index contributed by atoms with van der Waals surface area (Å²) < 4.78 is 1.63. The van der Waals surface area contributed by atoms with Crippen LogP contribution >= 0.6 is 0 Å². The van der Waals surface area contributed by atoms with Crippen molar-refractivity contribution in [3.63, 3.8) is 0 Å². The lowest BCUT2D eigenvalue weighted by Gasteiger charge is -2.02. The summed E-state index contributed by atoms with van der Waals surface area (Å²) in [5, 5.41) is 0. The van der Waals surface area contributed by atoms with Gasteiger partial charge >= 0.3 is 0 Å². The highest BCUT2D eigenvalue weighted by Gasteiger charge is 2.06. The first-order valence-electron chi connectivity index (χ1n) is 4.82. The highest BCUT2D eigenvalue weighted by Crippen LogP contribution is 2.17. The molecule has 1 heterocycles. The van der Waals surface area contributed by atoms with Crippen LogP contribution in [0.4, 0.5) is 0 Å². The van der Waals surface area contributed by atoms with Crippen LogP contribution < -0.4 is 9.57 Å². The first kappa shape index (κ1) is 9.65. The minimum atomic E-state index is 0.867. The predicted molar refractivity (Wildman–Crippen MR) is 56.4 cm³/mol. The maximum absolute atomic E-state index is 5.67. The molecule has 0 amide bonds. The van der Waals surface area contributed by atoms with Crippen molar-refractivity contribution in [3.8, 4) is 5.75 Å². The molecule has 76 valence electrons. The quantitative estimate of drug-likeness (QED) is 0.693. The summed E-state index contributed by atoms with van der Waals surface area (Å²) in [6.45, 7) is 4.07. The summed E-state index contributed by atoms with van der Waals surface area (Å²) >= 11 is 0. The molecule has 3 nitrogen and oxygen atoms in total. The molecule has 1 aromatic carbocycles. The standard InChI is InChI=1S/C12H13N2O/c1-10-3-4-11(2)12(9-10)15-14-7-5-13-6-8-14/h3-9H,1-2H3/q+1. The van der Waals surface area contributed by atoms with Crippen molar-refractivity contribution >= 4 is 0 Å². The molecule has 2 rings (SSSR count). The smallest absolute Gasteiger partial charge is 0.241 e. The number of rotatable bonds is 2. The van der Waals surface area contributed by atoms with Crippen LogP contribution in [-0.2, 0) is 0 Å². The third-order valence-electron chi connectivity index (χ3n) is 2.15. The number of nitrogens with zero attached hydrogens (tertiary/aromatic N) is 2. The van der Waals surface area contributed by atoms with E-state index in [1.54, 1.807) is 29.5 Å². The predicted octanol–water partition coefficient (Wildman–Crippen LogP) is 1.83. The van der Waals surface area contributed by atoms with Crippen molar-refractivity contribution in [1.82, 2.24) is 4.98 Å². The fourth-order valence-electron chi connectivity index (χ4n) is 1.29. The van der Waals surface area contributed by atoms with Crippen molar-refractivity contribution in [2.24, 2.45) is 0 Å². The number of hydrogen-bond acceptors (Lipinski definition) is 2. The van der Waals surface area contributed by atoms with Crippen LogP contribution in [0, 0.1) is 13.8 Å². The molecule has 3 heteroatoms. The Bertz CT molecular complexity index is 454. The van der Waals surface area contributed by atoms with Crippen LogP contribution in [0.15, 0.2) is 43.0 Å². The zero-order valence-electron chi connectivity index (χ0n) is 8.84. The van der Waals surface area contributed by atoms with E-state index in [0.29, 0.717) is 0 Å². The Hall–Kier alpha value is -1.90. The molecule has 0 aliphatic carbocycles. The molecule has 0 atom stereocenters. The molecule has 0 bridgehead atoms. The fourth-order valence-corrected chi connectivity index (χ4v) is 1.29. The Morgan fingerprint density at radius 3 is 2.60 bits per heavy atom. The zero-order chi connectivity index (χ0) is 10.7. The largest absolute Gasteiger partial charge is 0.252 e. The molecule has 0 aliphatic heterocycles. The summed E-state index contributed by atoms with van der Waals surface area (Å²) in [4.78, 5) is 9.59. The molecule has 0 saturated carbocycles. The molecule has 0 fully saturated rings. The van der Waals surface area contributed by atoms with Crippen LogP contribution in [-0.4, -0.2) is 4.98 Å². The second-order valence-corrected chi connectivity index (χ2v) is 3.47. The number of aryl methyl sites for hydroxylation is 2. The third-order valence-corrected chi connectivity index (χ3v) is 2.15. The van der Waals surface area contributed by atoms with Crippen molar-refractivity contribution in [2.75, 3.05) is 0 Å². The van der Waals surface area contributed by atoms with E-state index < -0.39 is 0 Å². The topological polar surface area (TPSA) is 26.0 Å². The highest BCUT2D eigenvalue weighted by molar-refractivity contribution is 5.35. The lowest BCUT2D eigenvalue weighted by atomic mass is 10.1. The summed E-state index contributed by atoms with van der Waals surface area (Å²) in [7, 11) is 0. The summed E-state index contributed by atoms with van der Waals surface area (Å²) in [6, 6.07) is 6.13. The number of hydrogen-bond donors (Lipinski definition) is 0. The van der Waals surface area contributed by atoms with Gasteiger partial charge in [-0.3, -0.25) is 4.98 Å². The minimum absolute atomic E-state index is 0.867. The maximum Gasteiger partial charge on any atom is 0.241 e. The third kappa shape index (κ3) is 2.31. The van der Waals surface area contributed by atoms with Gasteiger partial charge in [-0.05, 0) is 31.0 Å². The van der Waals surface area contributed by atoms with Gasteiger partial charge in [0.2, 0.25) is 18.1 Å². The first-order chi connectivity index (χ1) is 7.25. The van der Waals surface area contributed by atoms with Crippen molar-refractivity contribution in [3.05, 3.63) is 54.1 Å². The van der Waals surface area contributed by atoms with E-state index in [-0.39, 0.29) is 0 Å². The van der Waals surface area contributed by atoms with Gasteiger partial charge in [0, 0.05) is 4.73 Å². The Labute approximate surface area is 88.9 Å². The van der Waals surface area contributed by atoms with E-state index in [1.807, 2.05) is 26.0 Å². The molecular formula is C12H13N2O+. The van der Waals surface area contributed by atoms with E-state index in [1.165, 1.54) is 5.56 Å². The fraction of sp³-hybridized carbons (Fsp3) is 0.167. The van der Waals surface area contributed by atoms with Crippen LogP contribution in [0.5, 0.6) is 5.75 Å². The van der Waals surface area contributed by atoms with Crippen LogP contribution in [0.1, 0.15) is 11.1 Å². The van der Waals surface area contributed by atoms with Crippen molar-refractivity contribution in [2.45, 2.75) is 13.8 Å². The van der Waals surface area contributed by atoms with E-state index in [2.05, 4.69) is 11.1 Å². The van der Waals surface area contributed by atoms with Gasteiger partial charge < -0.3 is 0 Å². The van der Waals surface area contributed by atoms with Gasteiger partial charge in [-0.15, -0.1) is 0 Å². The average molecular weight is 201 g/mol.